The van der Waals surface area contributed by atoms with Crippen LogP contribution in [0.3, 0.4) is 0 Å². The van der Waals surface area contributed by atoms with Gasteiger partial charge in [0.05, 0.1) is 4.90 Å². The maximum atomic E-state index is 12.3. The summed E-state index contributed by atoms with van der Waals surface area (Å²) in [6, 6.07) is 7.20. The molecule has 2 unspecified atom stereocenters. The van der Waals surface area contributed by atoms with Gasteiger partial charge in [-0.1, -0.05) is 32.4 Å². The zero-order valence-electron chi connectivity index (χ0n) is 12.2. The van der Waals surface area contributed by atoms with E-state index in [2.05, 4.69) is 17.0 Å². The van der Waals surface area contributed by atoms with Gasteiger partial charge in [0.2, 0.25) is 10.0 Å². The van der Waals surface area contributed by atoms with Gasteiger partial charge in [0.1, 0.15) is 0 Å². The lowest BCUT2D eigenvalue weighted by molar-refractivity contribution is 0.476. The smallest absolute Gasteiger partial charge is 0.240 e. The highest BCUT2D eigenvalue weighted by Gasteiger charge is 2.28. The summed E-state index contributed by atoms with van der Waals surface area (Å²) >= 11 is 0. The monoisotopic (exact) mass is 296 g/mol. The van der Waals surface area contributed by atoms with Gasteiger partial charge < -0.3 is 5.32 Å². The molecule has 20 heavy (non-hydrogen) atoms. The molecule has 1 aliphatic rings. The van der Waals surface area contributed by atoms with Gasteiger partial charge in [0.15, 0.2) is 0 Å². The standard InChI is InChI=1S/C15H24N2O2S/c1-3-16-11-13-7-9-14(10-8-13)20(18,19)17-15-6-4-5-12(15)2/h7-10,12,15-17H,3-6,11H2,1-2H3. The Bertz CT molecular complexity index is 525. The van der Waals surface area contributed by atoms with Crippen molar-refractivity contribution in [3.8, 4) is 0 Å². The molecule has 2 N–H and O–H groups in total. The van der Waals surface area contributed by atoms with Crippen LogP contribution < -0.4 is 10.0 Å². The van der Waals surface area contributed by atoms with E-state index in [0.717, 1.165) is 37.9 Å². The molecule has 0 amide bonds. The summed E-state index contributed by atoms with van der Waals surface area (Å²) in [6.07, 6.45) is 3.16. The fraction of sp³-hybridized carbons (Fsp3) is 0.600. The Morgan fingerprint density at radius 2 is 1.90 bits per heavy atom. The van der Waals surface area contributed by atoms with Crippen LogP contribution in [0.5, 0.6) is 0 Å². The average Bonchev–Trinajstić information content (AvgIpc) is 2.82. The van der Waals surface area contributed by atoms with Crippen molar-refractivity contribution in [2.75, 3.05) is 6.54 Å². The first-order chi connectivity index (χ1) is 9.53. The van der Waals surface area contributed by atoms with Crippen molar-refractivity contribution in [1.29, 1.82) is 0 Å². The molecular formula is C15H24N2O2S. The molecule has 0 aliphatic heterocycles. The lowest BCUT2D eigenvalue weighted by atomic mass is 10.1. The maximum absolute atomic E-state index is 12.3. The molecular weight excluding hydrogens is 272 g/mol. The van der Waals surface area contributed by atoms with Crippen molar-refractivity contribution in [3.63, 3.8) is 0 Å². The van der Waals surface area contributed by atoms with Gasteiger partial charge in [-0.3, -0.25) is 0 Å². The summed E-state index contributed by atoms with van der Waals surface area (Å²) in [5, 5.41) is 3.22. The first kappa shape index (κ1) is 15.5. The molecule has 5 heteroatoms. The van der Waals surface area contributed by atoms with Crippen LogP contribution in [0.4, 0.5) is 0 Å². The summed E-state index contributed by atoms with van der Waals surface area (Å²) in [5.41, 5.74) is 1.10. The van der Waals surface area contributed by atoms with Gasteiger partial charge in [-0.2, -0.15) is 0 Å². The van der Waals surface area contributed by atoms with Crippen LogP contribution in [0, 0.1) is 5.92 Å². The van der Waals surface area contributed by atoms with E-state index in [1.54, 1.807) is 12.1 Å². The summed E-state index contributed by atoms with van der Waals surface area (Å²) < 4.78 is 27.5. The van der Waals surface area contributed by atoms with E-state index in [1.807, 2.05) is 19.1 Å². The number of hydrogen-bond donors (Lipinski definition) is 2. The highest BCUT2D eigenvalue weighted by atomic mass is 32.2. The van der Waals surface area contributed by atoms with Crippen molar-refractivity contribution in [1.82, 2.24) is 10.0 Å². The van der Waals surface area contributed by atoms with E-state index in [-0.39, 0.29) is 6.04 Å². The van der Waals surface area contributed by atoms with E-state index < -0.39 is 10.0 Å². The third-order valence-electron chi connectivity index (χ3n) is 3.98. The van der Waals surface area contributed by atoms with Gasteiger partial charge >= 0.3 is 0 Å². The van der Waals surface area contributed by atoms with Crippen molar-refractivity contribution in [3.05, 3.63) is 29.8 Å². The molecule has 0 radical (unpaired) electrons. The van der Waals surface area contributed by atoms with Crippen LogP contribution in [-0.4, -0.2) is 21.0 Å². The minimum atomic E-state index is -3.38. The molecule has 0 aromatic heterocycles. The Labute approximate surface area is 122 Å². The van der Waals surface area contributed by atoms with Crippen LogP contribution >= 0.6 is 0 Å². The van der Waals surface area contributed by atoms with Gasteiger partial charge in [0, 0.05) is 12.6 Å². The quantitative estimate of drug-likeness (QED) is 0.846. The summed E-state index contributed by atoms with van der Waals surface area (Å²) in [6.45, 7) is 5.83. The van der Waals surface area contributed by atoms with E-state index >= 15 is 0 Å². The minimum Gasteiger partial charge on any atom is -0.313 e. The van der Waals surface area contributed by atoms with Crippen molar-refractivity contribution >= 4 is 10.0 Å². The molecule has 1 aromatic carbocycles. The fourth-order valence-electron chi connectivity index (χ4n) is 2.64. The third-order valence-corrected chi connectivity index (χ3v) is 5.49. The predicted octanol–water partition coefficient (Wildman–Crippen LogP) is 2.26. The Hall–Kier alpha value is -0.910. The number of rotatable bonds is 6. The van der Waals surface area contributed by atoms with Crippen LogP contribution in [0.1, 0.15) is 38.7 Å². The van der Waals surface area contributed by atoms with Crippen molar-refractivity contribution < 1.29 is 8.42 Å². The Morgan fingerprint density at radius 3 is 2.45 bits per heavy atom. The second-order valence-electron chi connectivity index (χ2n) is 5.56. The molecule has 4 nitrogen and oxygen atoms in total. The molecule has 1 aliphatic carbocycles. The molecule has 0 saturated heterocycles. The Kier molecular flexibility index (Phi) is 5.18. The lowest BCUT2D eigenvalue weighted by Crippen LogP contribution is -2.36. The molecule has 0 heterocycles. The van der Waals surface area contributed by atoms with Crippen molar-refractivity contribution in [2.24, 2.45) is 5.92 Å². The molecule has 2 rings (SSSR count). The second-order valence-corrected chi connectivity index (χ2v) is 7.27. The topological polar surface area (TPSA) is 58.2 Å². The van der Waals surface area contributed by atoms with Crippen LogP contribution in [-0.2, 0) is 16.6 Å². The van der Waals surface area contributed by atoms with E-state index in [0.29, 0.717) is 10.8 Å². The SMILES string of the molecule is CCNCc1ccc(S(=O)(=O)NC2CCCC2C)cc1. The fourth-order valence-corrected chi connectivity index (χ4v) is 4.02. The van der Waals surface area contributed by atoms with Crippen LogP contribution in [0.15, 0.2) is 29.2 Å². The molecule has 1 aromatic rings. The molecule has 0 spiro atoms. The predicted molar refractivity (Wildman–Crippen MR) is 80.9 cm³/mol. The Morgan fingerprint density at radius 1 is 1.20 bits per heavy atom. The van der Waals surface area contributed by atoms with Crippen LogP contribution in [0.25, 0.3) is 0 Å². The summed E-state index contributed by atoms with van der Waals surface area (Å²) in [7, 11) is -3.38. The molecule has 112 valence electrons. The Balaban J connectivity index is 2.05. The van der Waals surface area contributed by atoms with E-state index in [1.165, 1.54) is 0 Å². The first-order valence-electron chi connectivity index (χ1n) is 7.35. The number of hydrogen-bond acceptors (Lipinski definition) is 3. The van der Waals surface area contributed by atoms with Gasteiger partial charge in [0.25, 0.3) is 0 Å². The van der Waals surface area contributed by atoms with Gasteiger partial charge in [-0.15, -0.1) is 0 Å². The third kappa shape index (κ3) is 3.81. The minimum absolute atomic E-state index is 0.0847. The van der Waals surface area contributed by atoms with Crippen molar-refractivity contribution in [2.45, 2.75) is 50.6 Å². The summed E-state index contributed by atoms with van der Waals surface area (Å²) in [4.78, 5) is 0.358. The highest BCUT2D eigenvalue weighted by molar-refractivity contribution is 7.89. The highest BCUT2D eigenvalue weighted by Crippen LogP contribution is 2.26. The number of sulfonamides is 1. The van der Waals surface area contributed by atoms with Gasteiger partial charge in [-0.05, 0) is 43.0 Å². The maximum Gasteiger partial charge on any atom is 0.240 e. The first-order valence-corrected chi connectivity index (χ1v) is 8.83. The molecule has 2 atom stereocenters. The molecule has 0 bridgehead atoms. The van der Waals surface area contributed by atoms with E-state index in [9.17, 15) is 8.42 Å². The van der Waals surface area contributed by atoms with E-state index in [4.69, 9.17) is 0 Å². The van der Waals surface area contributed by atoms with Gasteiger partial charge in [-0.25, -0.2) is 13.1 Å². The second kappa shape index (κ2) is 6.70. The molecule has 1 saturated carbocycles. The number of nitrogens with one attached hydrogen (secondary N) is 2. The largest absolute Gasteiger partial charge is 0.313 e. The zero-order chi connectivity index (χ0) is 14.6. The zero-order valence-corrected chi connectivity index (χ0v) is 13.0. The average molecular weight is 296 g/mol. The van der Waals surface area contributed by atoms with Crippen LogP contribution in [0.2, 0.25) is 0 Å². The molecule has 1 fully saturated rings. The lowest BCUT2D eigenvalue weighted by Gasteiger charge is -2.17. The number of benzene rings is 1. The normalized spacial score (nSPS) is 23.1. The summed E-state index contributed by atoms with van der Waals surface area (Å²) in [5.74, 6) is 0.429.